The van der Waals surface area contributed by atoms with Crippen molar-refractivity contribution in [3.05, 3.63) is 59.8 Å². The van der Waals surface area contributed by atoms with E-state index in [9.17, 15) is 28.2 Å². The third-order valence-corrected chi connectivity index (χ3v) is 7.34. The first-order valence-corrected chi connectivity index (χ1v) is 13.4. The smallest absolute Gasteiger partial charge is 0.335 e. The molecule has 0 aliphatic rings. The van der Waals surface area contributed by atoms with Gasteiger partial charge in [0.05, 0.1) is 10.5 Å². The van der Waals surface area contributed by atoms with Crippen LogP contribution in [0.15, 0.2) is 53.6 Å². The van der Waals surface area contributed by atoms with Gasteiger partial charge in [-0.05, 0) is 61.4 Å². The number of aliphatic carboxylic acids is 1. The Morgan fingerprint density at radius 2 is 1.84 bits per heavy atom. The van der Waals surface area contributed by atoms with Gasteiger partial charge in [0.25, 0.3) is 0 Å². The predicted octanol–water partition coefficient (Wildman–Crippen LogP) is 3.91. The number of benzene rings is 2. The highest BCUT2D eigenvalue weighted by atomic mass is 32.2. The Kier molecular flexibility index (Phi) is 9.33. The number of carbonyl (C=O) groups is 2. The molecule has 3 aromatic rings. The molecule has 0 radical (unpaired) electrons. The van der Waals surface area contributed by atoms with E-state index in [-0.39, 0.29) is 23.5 Å². The van der Waals surface area contributed by atoms with Crippen molar-refractivity contribution >= 4 is 32.9 Å². The molecule has 0 saturated heterocycles. The van der Waals surface area contributed by atoms with Crippen LogP contribution in [-0.4, -0.2) is 47.8 Å². The lowest BCUT2D eigenvalue weighted by Crippen LogP contribution is -2.42. The molecule has 1 atom stereocenters. The maximum Gasteiger partial charge on any atom is 0.335 e. The molecule has 0 aliphatic carbocycles. The van der Waals surface area contributed by atoms with Gasteiger partial charge in [0.2, 0.25) is 10.0 Å². The first-order valence-electron chi connectivity index (χ1n) is 11.9. The fraction of sp³-hybridized carbons (Fsp3) is 0.333. The summed E-state index contributed by atoms with van der Waals surface area (Å²) in [6.45, 7) is 4.61. The van der Waals surface area contributed by atoms with Gasteiger partial charge in [0, 0.05) is 30.1 Å². The lowest BCUT2D eigenvalue weighted by molar-refractivity contribution is -0.138. The number of carboxylic acid groups (broad SMARTS) is 2. The van der Waals surface area contributed by atoms with Crippen LogP contribution in [0.4, 0.5) is 0 Å². The minimum Gasteiger partial charge on any atom is -0.481 e. The van der Waals surface area contributed by atoms with E-state index in [1.165, 1.54) is 36.4 Å². The van der Waals surface area contributed by atoms with Gasteiger partial charge in [-0.2, -0.15) is 4.72 Å². The Balaban J connectivity index is 1.88. The Labute approximate surface area is 216 Å². The molecule has 0 spiro atoms. The van der Waals surface area contributed by atoms with Crippen LogP contribution >= 0.6 is 0 Å². The van der Waals surface area contributed by atoms with E-state index in [4.69, 9.17) is 4.74 Å². The maximum absolute atomic E-state index is 13.0. The normalized spacial score (nSPS) is 12.1. The minimum absolute atomic E-state index is 0.0692. The first kappa shape index (κ1) is 27.8. The standard InChI is InChI=1S/C27H30N2O7S/c1-3-5-7-14-29-18-20(23-16-19(26(30)31)8-13-25(23)29)17-24(27(32)33)28-37(34,35)22-11-9-21(10-12-22)36-15-6-4-2/h8-13,16,18,24,28H,3,5,7,14-15,17H2,1-2H3,(H,30,31)(H,32,33). The first-order chi connectivity index (χ1) is 17.7. The topological polar surface area (TPSA) is 135 Å². The van der Waals surface area contributed by atoms with E-state index in [1.54, 1.807) is 19.2 Å². The highest BCUT2D eigenvalue weighted by Crippen LogP contribution is 2.26. The predicted molar refractivity (Wildman–Crippen MR) is 139 cm³/mol. The van der Waals surface area contributed by atoms with Crippen LogP contribution in [0.3, 0.4) is 0 Å². The minimum atomic E-state index is -4.17. The molecular formula is C27H30N2O7S. The number of ether oxygens (including phenoxy) is 1. The number of aromatic nitrogens is 1. The molecule has 0 saturated carbocycles. The summed E-state index contributed by atoms with van der Waals surface area (Å²) in [5.74, 6) is 3.42. The van der Waals surface area contributed by atoms with Gasteiger partial charge < -0.3 is 19.5 Å². The zero-order valence-electron chi connectivity index (χ0n) is 20.7. The van der Waals surface area contributed by atoms with Crippen LogP contribution in [-0.2, 0) is 27.8 Å². The van der Waals surface area contributed by atoms with Crippen molar-refractivity contribution in [2.75, 3.05) is 6.61 Å². The maximum atomic E-state index is 13.0. The summed E-state index contributed by atoms with van der Waals surface area (Å²) >= 11 is 0. The molecule has 0 aliphatic heterocycles. The van der Waals surface area contributed by atoms with Gasteiger partial charge in [-0.25, -0.2) is 13.2 Å². The molecule has 1 heterocycles. The summed E-state index contributed by atoms with van der Waals surface area (Å²) in [5.41, 5.74) is 1.39. The van der Waals surface area contributed by atoms with E-state index in [0.717, 1.165) is 24.8 Å². The number of hydrogen-bond acceptors (Lipinski definition) is 5. The average molecular weight is 527 g/mol. The van der Waals surface area contributed by atoms with Gasteiger partial charge in [0.1, 0.15) is 18.4 Å². The number of aryl methyl sites for hydroxylation is 1. The van der Waals surface area contributed by atoms with Gasteiger partial charge in [-0.3, -0.25) is 4.79 Å². The van der Waals surface area contributed by atoms with Crippen LogP contribution < -0.4 is 9.46 Å². The van der Waals surface area contributed by atoms with Gasteiger partial charge in [0.15, 0.2) is 0 Å². The van der Waals surface area contributed by atoms with Crippen LogP contribution in [0.25, 0.3) is 10.9 Å². The number of rotatable bonds is 13. The molecule has 196 valence electrons. The Morgan fingerprint density at radius 1 is 1.11 bits per heavy atom. The largest absolute Gasteiger partial charge is 0.481 e. The fourth-order valence-electron chi connectivity index (χ4n) is 3.94. The zero-order chi connectivity index (χ0) is 27.0. The molecule has 1 aromatic heterocycles. The molecule has 10 heteroatoms. The van der Waals surface area contributed by atoms with Gasteiger partial charge in [-0.15, -0.1) is 5.92 Å². The van der Waals surface area contributed by atoms with Gasteiger partial charge in [-0.1, -0.05) is 25.7 Å². The molecule has 0 fully saturated rings. The second kappa shape index (κ2) is 12.4. The van der Waals surface area contributed by atoms with Crippen LogP contribution in [0.5, 0.6) is 5.75 Å². The summed E-state index contributed by atoms with van der Waals surface area (Å²) in [5, 5.41) is 19.9. The third-order valence-electron chi connectivity index (χ3n) is 5.85. The molecule has 0 bridgehead atoms. The van der Waals surface area contributed by atoms with E-state index in [1.807, 2.05) is 4.57 Å². The second-order valence-electron chi connectivity index (χ2n) is 8.50. The summed E-state index contributed by atoms with van der Waals surface area (Å²) in [6.07, 6.45) is 4.56. The van der Waals surface area contributed by atoms with E-state index < -0.39 is 28.0 Å². The van der Waals surface area contributed by atoms with Crippen molar-refractivity contribution in [1.29, 1.82) is 0 Å². The Bertz CT molecular complexity index is 1430. The van der Waals surface area contributed by atoms with Gasteiger partial charge >= 0.3 is 11.9 Å². The van der Waals surface area contributed by atoms with E-state index >= 15 is 0 Å². The molecular weight excluding hydrogens is 496 g/mol. The number of carboxylic acids is 2. The number of nitrogens with one attached hydrogen (secondary N) is 1. The Hall–Kier alpha value is -3.81. The highest BCUT2D eigenvalue weighted by Gasteiger charge is 2.27. The van der Waals surface area contributed by atoms with Crippen LogP contribution in [0.2, 0.25) is 0 Å². The number of hydrogen-bond donors (Lipinski definition) is 3. The SMILES string of the molecule is CC#CCOc1ccc(S(=O)(=O)NC(Cc2cn(CCCCC)c3ccc(C(=O)O)cc23)C(=O)O)cc1. The van der Waals surface area contributed by atoms with Crippen molar-refractivity contribution in [2.45, 2.75) is 57.0 Å². The summed E-state index contributed by atoms with van der Waals surface area (Å²) in [7, 11) is -4.17. The molecule has 1 unspecified atom stereocenters. The van der Waals surface area contributed by atoms with Crippen molar-refractivity contribution in [2.24, 2.45) is 0 Å². The van der Waals surface area contributed by atoms with Crippen molar-refractivity contribution in [1.82, 2.24) is 9.29 Å². The zero-order valence-corrected chi connectivity index (χ0v) is 21.5. The lowest BCUT2D eigenvalue weighted by atomic mass is 10.0. The number of fused-ring (bicyclic) bond motifs is 1. The highest BCUT2D eigenvalue weighted by molar-refractivity contribution is 7.89. The number of unbranched alkanes of at least 4 members (excludes halogenated alkanes) is 2. The summed E-state index contributed by atoms with van der Waals surface area (Å²) in [6, 6.07) is 8.83. The molecule has 9 nitrogen and oxygen atoms in total. The molecule has 3 N–H and O–H groups in total. The van der Waals surface area contributed by atoms with Crippen LogP contribution in [0.1, 0.15) is 49.0 Å². The molecule has 37 heavy (non-hydrogen) atoms. The fourth-order valence-corrected chi connectivity index (χ4v) is 5.13. The summed E-state index contributed by atoms with van der Waals surface area (Å²) < 4.78 is 35.6. The number of nitrogens with zero attached hydrogens (tertiary/aromatic N) is 1. The number of sulfonamides is 1. The average Bonchev–Trinajstić information content (AvgIpc) is 3.20. The Morgan fingerprint density at radius 3 is 2.46 bits per heavy atom. The molecule has 0 amide bonds. The second-order valence-corrected chi connectivity index (χ2v) is 10.2. The van der Waals surface area contributed by atoms with Crippen molar-refractivity contribution in [3.63, 3.8) is 0 Å². The van der Waals surface area contributed by atoms with Crippen molar-refractivity contribution in [3.8, 4) is 17.6 Å². The van der Waals surface area contributed by atoms with Crippen LogP contribution in [0, 0.1) is 11.8 Å². The third kappa shape index (κ3) is 7.12. The molecule has 3 rings (SSSR count). The monoisotopic (exact) mass is 526 g/mol. The molecule has 2 aromatic carbocycles. The van der Waals surface area contributed by atoms with Crippen molar-refractivity contribution < 1.29 is 33.0 Å². The summed E-state index contributed by atoms with van der Waals surface area (Å²) in [4.78, 5) is 23.5. The number of aromatic carboxylic acids is 1. The quantitative estimate of drug-likeness (QED) is 0.227. The van der Waals surface area contributed by atoms with E-state index in [0.29, 0.717) is 23.2 Å². The van der Waals surface area contributed by atoms with E-state index in [2.05, 4.69) is 23.5 Å². The lowest BCUT2D eigenvalue weighted by Gasteiger charge is -2.15.